The van der Waals surface area contributed by atoms with E-state index in [9.17, 15) is 9.59 Å². The van der Waals surface area contributed by atoms with Gasteiger partial charge in [-0.1, -0.05) is 6.07 Å². The largest absolute Gasteiger partial charge is 0.357 e. The van der Waals surface area contributed by atoms with Crippen molar-refractivity contribution in [1.29, 1.82) is 0 Å². The second-order valence-corrected chi connectivity index (χ2v) is 5.94. The van der Waals surface area contributed by atoms with Crippen molar-refractivity contribution in [1.82, 2.24) is 20.0 Å². The highest BCUT2D eigenvalue weighted by Crippen LogP contribution is 2.21. The fourth-order valence-electron chi connectivity index (χ4n) is 2.47. The first-order valence-electron chi connectivity index (χ1n) is 6.93. The number of hydrogen-bond acceptors (Lipinski definition) is 4. The Bertz CT molecular complexity index is 705. The molecule has 1 aliphatic rings. The van der Waals surface area contributed by atoms with E-state index in [0.717, 1.165) is 10.6 Å². The van der Waals surface area contributed by atoms with Gasteiger partial charge in [0.15, 0.2) is 0 Å². The van der Waals surface area contributed by atoms with Crippen LogP contribution in [0.25, 0.3) is 6.08 Å². The summed E-state index contributed by atoms with van der Waals surface area (Å²) in [4.78, 5) is 27.1. The van der Waals surface area contributed by atoms with Gasteiger partial charge in [0, 0.05) is 24.2 Å². The van der Waals surface area contributed by atoms with Crippen molar-refractivity contribution in [3.05, 3.63) is 46.4 Å². The number of aromatic nitrogens is 2. The molecule has 2 aromatic heterocycles. The van der Waals surface area contributed by atoms with Gasteiger partial charge in [-0.25, -0.2) is 0 Å². The number of nitrogens with zero attached hydrogens (tertiary/aromatic N) is 3. The molecule has 6 nitrogen and oxygen atoms in total. The molecule has 3 heterocycles. The van der Waals surface area contributed by atoms with Gasteiger partial charge in [-0.15, -0.1) is 11.3 Å². The van der Waals surface area contributed by atoms with Crippen molar-refractivity contribution in [3.8, 4) is 0 Å². The third-order valence-corrected chi connectivity index (χ3v) is 4.43. The molecule has 0 fully saturated rings. The predicted molar refractivity (Wildman–Crippen MR) is 84.1 cm³/mol. The summed E-state index contributed by atoms with van der Waals surface area (Å²) in [6, 6.07) is 5.24. The SMILES string of the molecule is CNC(=O)C1CN(C(=O)/C=C/c2cccs2)Cc2ccnn21. The first-order chi connectivity index (χ1) is 10.7. The van der Waals surface area contributed by atoms with Gasteiger partial charge >= 0.3 is 0 Å². The molecule has 0 aliphatic carbocycles. The average molecular weight is 316 g/mol. The number of amides is 2. The fourth-order valence-corrected chi connectivity index (χ4v) is 3.09. The Kier molecular flexibility index (Phi) is 4.06. The van der Waals surface area contributed by atoms with Gasteiger partial charge in [0.2, 0.25) is 11.8 Å². The fraction of sp³-hybridized carbons (Fsp3) is 0.267. The van der Waals surface area contributed by atoms with Crippen LogP contribution in [0.3, 0.4) is 0 Å². The number of nitrogens with one attached hydrogen (secondary N) is 1. The molecular weight excluding hydrogens is 300 g/mol. The Morgan fingerprint density at radius 2 is 2.32 bits per heavy atom. The van der Waals surface area contributed by atoms with Crippen LogP contribution in [0, 0.1) is 0 Å². The molecule has 22 heavy (non-hydrogen) atoms. The van der Waals surface area contributed by atoms with Crippen LogP contribution in [-0.2, 0) is 16.1 Å². The summed E-state index contributed by atoms with van der Waals surface area (Å²) in [5, 5.41) is 8.78. The zero-order valence-electron chi connectivity index (χ0n) is 12.1. The summed E-state index contributed by atoms with van der Waals surface area (Å²) < 4.78 is 1.69. The molecule has 0 spiro atoms. The van der Waals surface area contributed by atoms with Crippen molar-refractivity contribution in [2.45, 2.75) is 12.6 Å². The second-order valence-electron chi connectivity index (χ2n) is 4.96. The topological polar surface area (TPSA) is 67.2 Å². The highest BCUT2D eigenvalue weighted by molar-refractivity contribution is 7.10. The lowest BCUT2D eigenvalue weighted by molar-refractivity contribution is -0.131. The molecule has 1 aliphatic heterocycles. The van der Waals surface area contributed by atoms with Crippen molar-refractivity contribution < 1.29 is 9.59 Å². The lowest BCUT2D eigenvalue weighted by atomic mass is 10.1. The number of carbonyl (C=O) groups excluding carboxylic acids is 2. The van der Waals surface area contributed by atoms with Crippen LogP contribution in [-0.4, -0.2) is 40.1 Å². The summed E-state index contributed by atoms with van der Waals surface area (Å²) in [6.07, 6.45) is 5.01. The van der Waals surface area contributed by atoms with Crippen molar-refractivity contribution in [2.75, 3.05) is 13.6 Å². The number of carbonyl (C=O) groups is 2. The minimum Gasteiger partial charge on any atom is -0.357 e. The van der Waals surface area contributed by atoms with Gasteiger partial charge in [0.1, 0.15) is 6.04 Å². The Morgan fingerprint density at radius 3 is 3.05 bits per heavy atom. The molecule has 1 N–H and O–H groups in total. The monoisotopic (exact) mass is 316 g/mol. The van der Waals surface area contributed by atoms with Crippen LogP contribution in [0.1, 0.15) is 16.6 Å². The van der Waals surface area contributed by atoms with Gasteiger partial charge < -0.3 is 10.2 Å². The number of hydrogen-bond donors (Lipinski definition) is 1. The van der Waals surface area contributed by atoms with Crippen molar-refractivity contribution in [2.24, 2.45) is 0 Å². The zero-order valence-corrected chi connectivity index (χ0v) is 12.9. The smallest absolute Gasteiger partial charge is 0.247 e. The molecule has 0 radical (unpaired) electrons. The van der Waals surface area contributed by atoms with Crippen molar-refractivity contribution in [3.63, 3.8) is 0 Å². The summed E-state index contributed by atoms with van der Waals surface area (Å²) in [5.41, 5.74) is 0.859. The third kappa shape index (κ3) is 2.80. The van der Waals surface area contributed by atoms with E-state index in [1.54, 1.807) is 46.3 Å². The highest BCUT2D eigenvalue weighted by atomic mass is 32.1. The molecule has 0 bridgehead atoms. The van der Waals surface area contributed by atoms with E-state index in [1.807, 2.05) is 23.6 Å². The number of fused-ring (bicyclic) bond motifs is 1. The molecular formula is C15H16N4O2S. The molecule has 2 aromatic rings. The predicted octanol–water partition coefficient (Wildman–Crippen LogP) is 1.29. The van der Waals surface area contributed by atoms with Gasteiger partial charge in [-0.05, 0) is 23.6 Å². The highest BCUT2D eigenvalue weighted by Gasteiger charge is 2.31. The quantitative estimate of drug-likeness (QED) is 0.868. The maximum absolute atomic E-state index is 12.4. The summed E-state index contributed by atoms with van der Waals surface area (Å²) in [6.45, 7) is 0.781. The van der Waals surface area contributed by atoms with Gasteiger partial charge in [-0.3, -0.25) is 14.3 Å². The van der Waals surface area contributed by atoms with E-state index in [-0.39, 0.29) is 11.8 Å². The Morgan fingerprint density at radius 1 is 1.45 bits per heavy atom. The van der Waals surface area contributed by atoms with Crippen LogP contribution in [0.4, 0.5) is 0 Å². The molecule has 1 unspecified atom stereocenters. The van der Waals surface area contributed by atoms with Gasteiger partial charge in [0.25, 0.3) is 0 Å². The van der Waals surface area contributed by atoms with E-state index in [2.05, 4.69) is 10.4 Å². The Balaban J connectivity index is 1.78. The Labute approximate surface area is 132 Å². The summed E-state index contributed by atoms with van der Waals surface area (Å²) in [7, 11) is 1.59. The number of thiophene rings is 1. The van der Waals surface area contributed by atoms with E-state index >= 15 is 0 Å². The van der Waals surface area contributed by atoms with Crippen LogP contribution in [0.5, 0.6) is 0 Å². The molecule has 7 heteroatoms. The maximum atomic E-state index is 12.4. The van der Waals surface area contributed by atoms with Crippen LogP contribution >= 0.6 is 11.3 Å². The second kappa shape index (κ2) is 6.15. The first kappa shape index (κ1) is 14.5. The zero-order chi connectivity index (χ0) is 15.5. The van der Waals surface area contributed by atoms with Crippen LogP contribution < -0.4 is 5.32 Å². The summed E-state index contributed by atoms with van der Waals surface area (Å²) >= 11 is 1.57. The third-order valence-electron chi connectivity index (χ3n) is 3.59. The average Bonchev–Trinajstić information content (AvgIpc) is 3.21. The number of likely N-dealkylation sites (N-methyl/N-ethyl adjacent to an activating group) is 1. The molecule has 0 saturated carbocycles. The van der Waals surface area contributed by atoms with E-state index in [4.69, 9.17) is 0 Å². The molecule has 3 rings (SSSR count). The lowest BCUT2D eigenvalue weighted by Crippen LogP contribution is -2.46. The lowest BCUT2D eigenvalue weighted by Gasteiger charge is -2.32. The van der Waals surface area contributed by atoms with Crippen LogP contribution in [0.2, 0.25) is 0 Å². The van der Waals surface area contributed by atoms with Gasteiger partial charge in [0.05, 0.1) is 18.8 Å². The summed E-state index contributed by atoms with van der Waals surface area (Å²) in [5.74, 6) is -0.251. The molecule has 0 aromatic carbocycles. The van der Waals surface area contributed by atoms with E-state index < -0.39 is 6.04 Å². The molecule has 1 atom stereocenters. The first-order valence-corrected chi connectivity index (χ1v) is 7.81. The minimum absolute atomic E-state index is 0.102. The molecule has 0 saturated heterocycles. The van der Waals surface area contributed by atoms with E-state index in [0.29, 0.717) is 13.1 Å². The van der Waals surface area contributed by atoms with Crippen molar-refractivity contribution >= 4 is 29.2 Å². The molecule has 114 valence electrons. The standard InChI is InChI=1S/C15H16N4O2S/c1-16-15(21)13-10-18(9-11-6-7-17-19(11)13)14(20)5-4-12-3-2-8-22-12/h2-8,13H,9-10H2,1H3,(H,16,21)/b5-4+. The van der Waals surface area contributed by atoms with Crippen LogP contribution in [0.15, 0.2) is 35.9 Å². The van der Waals surface area contributed by atoms with E-state index in [1.165, 1.54) is 0 Å². The minimum atomic E-state index is -0.483. The Hall–Kier alpha value is -2.41. The van der Waals surface area contributed by atoms with Gasteiger partial charge in [-0.2, -0.15) is 5.10 Å². The maximum Gasteiger partial charge on any atom is 0.247 e. The normalized spacial score (nSPS) is 17.5. The number of rotatable bonds is 3. The molecule has 2 amide bonds.